The van der Waals surface area contributed by atoms with Gasteiger partial charge in [0.05, 0.1) is 4.90 Å². The average Bonchev–Trinajstić information content (AvgIpc) is 2.04. The number of rotatable bonds is 2. The van der Waals surface area contributed by atoms with Crippen LogP contribution in [0.3, 0.4) is 0 Å². The minimum Gasteiger partial charge on any atom is -0.405 e. The van der Waals surface area contributed by atoms with Gasteiger partial charge in [-0.3, -0.25) is 4.55 Å². The molecule has 0 amide bonds. The van der Waals surface area contributed by atoms with E-state index in [9.17, 15) is 8.42 Å². The second-order valence-corrected chi connectivity index (χ2v) is 3.82. The minimum absolute atomic E-state index is 0.123. The van der Waals surface area contributed by atoms with Crippen LogP contribution in [0.15, 0.2) is 35.4 Å². The van der Waals surface area contributed by atoms with E-state index >= 15 is 0 Å². The van der Waals surface area contributed by atoms with E-state index < -0.39 is 10.1 Å². The number of benzene rings is 1. The molecular weight excluding hydrogens is 190 g/mol. The van der Waals surface area contributed by atoms with Gasteiger partial charge in [0.25, 0.3) is 10.1 Å². The zero-order valence-electron chi connectivity index (χ0n) is 6.71. The molecule has 0 saturated carbocycles. The molecule has 0 aromatic heterocycles. The Labute approximate surface area is 76.4 Å². The normalized spacial score (nSPS) is 12.1. The Morgan fingerprint density at radius 2 is 1.77 bits per heavy atom. The molecule has 1 rings (SSSR count). The van der Waals surface area contributed by atoms with Crippen LogP contribution in [0.2, 0.25) is 0 Å². The zero-order chi connectivity index (χ0) is 9.90. The van der Waals surface area contributed by atoms with Gasteiger partial charge in [0, 0.05) is 0 Å². The molecule has 0 fully saturated rings. The van der Waals surface area contributed by atoms with Crippen molar-refractivity contribution < 1.29 is 13.0 Å². The second kappa shape index (κ2) is 3.59. The lowest BCUT2D eigenvalue weighted by Crippen LogP contribution is -1.97. The Hall–Kier alpha value is -1.33. The van der Waals surface area contributed by atoms with E-state index in [1.165, 1.54) is 18.3 Å². The molecule has 4 nitrogen and oxygen atoms in total. The first-order valence-corrected chi connectivity index (χ1v) is 4.94. The summed E-state index contributed by atoms with van der Waals surface area (Å²) in [5.74, 6) is 0. The molecule has 0 spiro atoms. The third-order valence-corrected chi connectivity index (χ3v) is 2.33. The van der Waals surface area contributed by atoms with E-state index in [0.717, 1.165) is 5.56 Å². The van der Waals surface area contributed by atoms with E-state index in [1.807, 2.05) is 0 Å². The highest BCUT2D eigenvalue weighted by atomic mass is 32.2. The fourth-order valence-corrected chi connectivity index (χ4v) is 1.34. The molecule has 13 heavy (non-hydrogen) atoms. The summed E-state index contributed by atoms with van der Waals surface area (Å²) in [6.07, 6.45) is 2.97. The van der Waals surface area contributed by atoms with Crippen molar-refractivity contribution >= 4 is 16.2 Å². The SMILES string of the molecule is NC=Cc1ccc(S(=O)(=O)O)cc1. The molecule has 0 saturated heterocycles. The molecule has 5 heteroatoms. The summed E-state index contributed by atoms with van der Waals surface area (Å²) in [7, 11) is -4.09. The quantitative estimate of drug-likeness (QED) is 0.692. The molecule has 0 heterocycles. The standard InChI is InChI=1S/C8H9NO3S/c9-6-5-7-1-3-8(4-2-7)13(10,11)12/h1-6H,9H2,(H,10,11,12). The first-order chi connectivity index (χ1) is 6.04. The van der Waals surface area contributed by atoms with Gasteiger partial charge in [-0.15, -0.1) is 0 Å². The molecule has 3 N–H and O–H groups in total. The van der Waals surface area contributed by atoms with Crippen molar-refractivity contribution in [2.75, 3.05) is 0 Å². The van der Waals surface area contributed by atoms with Crippen LogP contribution in [0.4, 0.5) is 0 Å². The van der Waals surface area contributed by atoms with Crippen molar-refractivity contribution in [1.29, 1.82) is 0 Å². The van der Waals surface area contributed by atoms with Gasteiger partial charge >= 0.3 is 0 Å². The van der Waals surface area contributed by atoms with Crippen LogP contribution in [0.5, 0.6) is 0 Å². The third kappa shape index (κ3) is 2.57. The Morgan fingerprint density at radius 1 is 1.23 bits per heavy atom. The first kappa shape index (κ1) is 9.76. The van der Waals surface area contributed by atoms with Crippen molar-refractivity contribution in [2.45, 2.75) is 4.90 Å². The molecule has 0 atom stereocenters. The van der Waals surface area contributed by atoms with E-state index in [1.54, 1.807) is 18.2 Å². The van der Waals surface area contributed by atoms with E-state index in [0.29, 0.717) is 0 Å². The molecular formula is C8H9NO3S. The van der Waals surface area contributed by atoms with E-state index in [4.69, 9.17) is 10.3 Å². The zero-order valence-corrected chi connectivity index (χ0v) is 7.53. The molecule has 0 radical (unpaired) electrons. The van der Waals surface area contributed by atoms with Crippen LogP contribution in [0.25, 0.3) is 6.08 Å². The number of hydrogen-bond acceptors (Lipinski definition) is 3. The van der Waals surface area contributed by atoms with Crippen molar-refractivity contribution in [3.63, 3.8) is 0 Å². The predicted octanol–water partition coefficient (Wildman–Crippen LogP) is 0.863. The highest BCUT2D eigenvalue weighted by molar-refractivity contribution is 7.85. The fourth-order valence-electron chi connectivity index (χ4n) is 0.862. The maximum atomic E-state index is 10.6. The number of hydrogen-bond donors (Lipinski definition) is 2. The minimum atomic E-state index is -4.09. The van der Waals surface area contributed by atoms with Crippen LogP contribution in [0.1, 0.15) is 5.56 Å². The van der Waals surface area contributed by atoms with Gasteiger partial charge in [0.2, 0.25) is 0 Å². The summed E-state index contributed by atoms with van der Waals surface area (Å²) >= 11 is 0. The van der Waals surface area contributed by atoms with Gasteiger partial charge in [0.15, 0.2) is 0 Å². The Kier molecular flexibility index (Phi) is 2.69. The summed E-state index contributed by atoms with van der Waals surface area (Å²) in [5.41, 5.74) is 5.91. The highest BCUT2D eigenvalue weighted by Crippen LogP contribution is 2.10. The van der Waals surface area contributed by atoms with Crippen molar-refractivity contribution in [2.24, 2.45) is 5.73 Å². The molecule has 0 unspecified atom stereocenters. The van der Waals surface area contributed by atoms with Gasteiger partial charge < -0.3 is 5.73 Å². The average molecular weight is 199 g/mol. The summed E-state index contributed by atoms with van der Waals surface area (Å²) < 4.78 is 29.9. The molecule has 0 aliphatic rings. The number of nitrogens with two attached hydrogens (primary N) is 1. The maximum Gasteiger partial charge on any atom is 0.294 e. The van der Waals surface area contributed by atoms with Crippen molar-refractivity contribution in [3.05, 3.63) is 36.0 Å². The van der Waals surface area contributed by atoms with E-state index in [-0.39, 0.29) is 4.90 Å². The van der Waals surface area contributed by atoms with Crippen LogP contribution in [-0.4, -0.2) is 13.0 Å². The van der Waals surface area contributed by atoms with Crippen LogP contribution in [0, 0.1) is 0 Å². The maximum absolute atomic E-state index is 10.6. The molecule has 0 aliphatic heterocycles. The second-order valence-electron chi connectivity index (χ2n) is 2.40. The predicted molar refractivity (Wildman–Crippen MR) is 49.5 cm³/mol. The smallest absolute Gasteiger partial charge is 0.294 e. The monoisotopic (exact) mass is 199 g/mol. The highest BCUT2D eigenvalue weighted by Gasteiger charge is 2.07. The largest absolute Gasteiger partial charge is 0.405 e. The summed E-state index contributed by atoms with van der Waals surface area (Å²) in [5, 5.41) is 0. The molecule has 1 aromatic carbocycles. The third-order valence-electron chi connectivity index (χ3n) is 1.47. The summed E-state index contributed by atoms with van der Waals surface area (Å²) in [6.45, 7) is 0. The van der Waals surface area contributed by atoms with E-state index in [2.05, 4.69) is 0 Å². The lowest BCUT2D eigenvalue weighted by Gasteiger charge is -1.96. The van der Waals surface area contributed by atoms with Gasteiger partial charge in [-0.2, -0.15) is 8.42 Å². The molecule has 1 aromatic rings. The van der Waals surface area contributed by atoms with Gasteiger partial charge in [-0.25, -0.2) is 0 Å². The lowest BCUT2D eigenvalue weighted by atomic mass is 10.2. The topological polar surface area (TPSA) is 80.4 Å². The van der Waals surface area contributed by atoms with Gasteiger partial charge in [-0.1, -0.05) is 12.1 Å². The van der Waals surface area contributed by atoms with Crippen LogP contribution < -0.4 is 5.73 Å². The van der Waals surface area contributed by atoms with Crippen LogP contribution >= 0.6 is 0 Å². The van der Waals surface area contributed by atoms with Gasteiger partial charge in [-0.05, 0) is 30.0 Å². The summed E-state index contributed by atoms with van der Waals surface area (Å²) in [6, 6.07) is 5.72. The Bertz CT molecular complexity index is 406. The Morgan fingerprint density at radius 3 is 2.15 bits per heavy atom. The van der Waals surface area contributed by atoms with Crippen LogP contribution in [-0.2, 0) is 10.1 Å². The fraction of sp³-hybridized carbons (Fsp3) is 0. The summed E-state index contributed by atoms with van der Waals surface area (Å²) in [4.78, 5) is -0.123. The molecule has 0 aliphatic carbocycles. The molecule has 70 valence electrons. The molecule has 0 bridgehead atoms. The van der Waals surface area contributed by atoms with Crippen molar-refractivity contribution in [1.82, 2.24) is 0 Å². The van der Waals surface area contributed by atoms with Crippen molar-refractivity contribution in [3.8, 4) is 0 Å². The first-order valence-electron chi connectivity index (χ1n) is 3.50. The van der Waals surface area contributed by atoms with Gasteiger partial charge in [0.1, 0.15) is 0 Å². The Balaban J connectivity index is 3.08. The lowest BCUT2D eigenvalue weighted by molar-refractivity contribution is 0.483.